The second kappa shape index (κ2) is 8.11. The number of aromatic nitrogens is 5. The lowest BCUT2D eigenvalue weighted by Gasteiger charge is -2.11. The lowest BCUT2D eigenvalue weighted by molar-refractivity contribution is 0.597. The Morgan fingerprint density at radius 1 is 1.09 bits per heavy atom. The predicted molar refractivity (Wildman–Crippen MR) is 122 cm³/mol. The summed E-state index contributed by atoms with van der Waals surface area (Å²) in [7, 11) is -3.91. The third-order valence-corrected chi connectivity index (χ3v) is 6.45. The van der Waals surface area contributed by atoms with Gasteiger partial charge in [0.15, 0.2) is 11.6 Å². The molecule has 32 heavy (non-hydrogen) atoms. The summed E-state index contributed by atoms with van der Waals surface area (Å²) in [5.41, 5.74) is 3.23. The maximum Gasteiger partial charge on any atom is 0.239 e. The first-order valence-corrected chi connectivity index (χ1v) is 12.0. The first-order chi connectivity index (χ1) is 15.5. The van der Waals surface area contributed by atoms with Gasteiger partial charge in [0.1, 0.15) is 15.4 Å². The molecule has 0 radical (unpaired) electrons. The highest BCUT2D eigenvalue weighted by atomic mass is 32.2. The molecule has 4 heterocycles. The molecular formula is C21H17N7O2S2. The molecule has 0 spiro atoms. The maximum absolute atomic E-state index is 11.8. The van der Waals surface area contributed by atoms with Crippen LogP contribution in [0.25, 0.3) is 28.0 Å². The summed E-state index contributed by atoms with van der Waals surface area (Å²) in [4.78, 5) is 12.9. The number of nitrogens with two attached hydrogens (primary N) is 1. The third kappa shape index (κ3) is 3.96. The van der Waals surface area contributed by atoms with Crippen LogP contribution in [0.1, 0.15) is 5.01 Å². The minimum atomic E-state index is -3.91. The van der Waals surface area contributed by atoms with Gasteiger partial charge in [0.2, 0.25) is 10.0 Å². The van der Waals surface area contributed by atoms with Crippen LogP contribution >= 0.6 is 11.3 Å². The van der Waals surface area contributed by atoms with Crippen molar-refractivity contribution in [3.63, 3.8) is 0 Å². The van der Waals surface area contributed by atoms with Crippen LogP contribution in [0.5, 0.6) is 0 Å². The fourth-order valence-corrected chi connectivity index (χ4v) is 4.37. The Bertz CT molecular complexity index is 1500. The van der Waals surface area contributed by atoms with Crippen molar-refractivity contribution in [3.8, 4) is 22.5 Å². The van der Waals surface area contributed by atoms with Crippen LogP contribution < -0.4 is 10.5 Å². The lowest BCUT2D eigenvalue weighted by atomic mass is 10.1. The molecular weight excluding hydrogens is 446 g/mol. The van der Waals surface area contributed by atoms with Gasteiger partial charge in [-0.3, -0.25) is 4.98 Å². The molecule has 11 heteroatoms. The Kier molecular flexibility index (Phi) is 5.13. The van der Waals surface area contributed by atoms with Crippen molar-refractivity contribution >= 4 is 32.7 Å². The zero-order valence-corrected chi connectivity index (χ0v) is 18.2. The van der Waals surface area contributed by atoms with E-state index < -0.39 is 10.0 Å². The number of primary sulfonamides is 1. The number of hydrogen-bond acceptors (Lipinski definition) is 8. The number of thiazole rings is 1. The largest absolute Gasteiger partial charge is 0.362 e. The summed E-state index contributed by atoms with van der Waals surface area (Å²) in [6, 6.07) is 13.3. The van der Waals surface area contributed by atoms with Gasteiger partial charge >= 0.3 is 0 Å². The SMILES string of the molecule is NS(=O)(=O)c1cncc(-c2nc(NCc3nccs3)c3c(-c4ccccc4)ccn3n2)c1. The predicted octanol–water partition coefficient (Wildman–Crippen LogP) is 3.17. The van der Waals surface area contributed by atoms with Crippen molar-refractivity contribution in [2.24, 2.45) is 5.14 Å². The molecule has 0 aliphatic rings. The van der Waals surface area contributed by atoms with Gasteiger partial charge < -0.3 is 5.32 Å². The van der Waals surface area contributed by atoms with E-state index in [9.17, 15) is 8.42 Å². The molecule has 0 saturated carbocycles. The second-order valence-corrected chi connectivity index (χ2v) is 9.45. The van der Waals surface area contributed by atoms with Gasteiger partial charge in [0.05, 0.1) is 6.54 Å². The Hall–Kier alpha value is -3.67. The number of nitrogens with one attached hydrogen (secondary N) is 1. The van der Waals surface area contributed by atoms with Crippen molar-refractivity contribution in [1.29, 1.82) is 0 Å². The molecule has 160 valence electrons. The van der Waals surface area contributed by atoms with Crippen molar-refractivity contribution in [3.05, 3.63) is 77.6 Å². The van der Waals surface area contributed by atoms with Crippen LogP contribution in [0.4, 0.5) is 5.82 Å². The third-order valence-electron chi connectivity index (χ3n) is 4.79. The van der Waals surface area contributed by atoms with E-state index in [1.165, 1.54) is 18.5 Å². The molecule has 0 fully saturated rings. The normalized spacial score (nSPS) is 11.7. The summed E-state index contributed by atoms with van der Waals surface area (Å²) in [5.74, 6) is 0.905. The van der Waals surface area contributed by atoms with E-state index in [1.54, 1.807) is 22.0 Å². The van der Waals surface area contributed by atoms with E-state index >= 15 is 0 Å². The maximum atomic E-state index is 11.8. The first-order valence-electron chi connectivity index (χ1n) is 9.54. The summed E-state index contributed by atoms with van der Waals surface area (Å²) >= 11 is 1.54. The van der Waals surface area contributed by atoms with E-state index in [-0.39, 0.29) is 4.90 Å². The van der Waals surface area contributed by atoms with Gasteiger partial charge in [0.25, 0.3) is 0 Å². The zero-order chi connectivity index (χ0) is 22.1. The minimum Gasteiger partial charge on any atom is -0.362 e. The van der Waals surface area contributed by atoms with Gasteiger partial charge in [0, 0.05) is 41.3 Å². The Labute approximate surface area is 187 Å². The van der Waals surface area contributed by atoms with Crippen LogP contribution in [-0.2, 0) is 16.6 Å². The second-order valence-electron chi connectivity index (χ2n) is 6.91. The van der Waals surface area contributed by atoms with Crippen LogP contribution in [0.3, 0.4) is 0 Å². The van der Waals surface area contributed by atoms with E-state index in [4.69, 9.17) is 10.1 Å². The number of nitrogens with zero attached hydrogens (tertiary/aromatic N) is 5. The molecule has 4 aromatic heterocycles. The highest BCUT2D eigenvalue weighted by Crippen LogP contribution is 2.31. The van der Waals surface area contributed by atoms with Crippen LogP contribution in [-0.4, -0.2) is 33.0 Å². The first kappa shape index (κ1) is 20.2. The average Bonchev–Trinajstić information content (AvgIpc) is 3.47. The van der Waals surface area contributed by atoms with Gasteiger partial charge in [-0.2, -0.15) is 0 Å². The average molecular weight is 464 g/mol. The molecule has 0 saturated heterocycles. The minimum absolute atomic E-state index is 0.103. The molecule has 0 amide bonds. The van der Waals surface area contributed by atoms with Gasteiger partial charge in [-0.05, 0) is 17.7 Å². The monoisotopic (exact) mass is 463 g/mol. The molecule has 9 nitrogen and oxygen atoms in total. The summed E-state index contributed by atoms with van der Waals surface area (Å²) in [6.45, 7) is 0.485. The Morgan fingerprint density at radius 2 is 1.94 bits per heavy atom. The smallest absolute Gasteiger partial charge is 0.239 e. The van der Waals surface area contributed by atoms with E-state index in [2.05, 4.69) is 20.4 Å². The van der Waals surface area contributed by atoms with Gasteiger partial charge in [-0.15, -0.1) is 16.4 Å². The zero-order valence-electron chi connectivity index (χ0n) is 16.6. The fourth-order valence-electron chi connectivity index (χ4n) is 3.32. The highest BCUT2D eigenvalue weighted by Gasteiger charge is 2.17. The molecule has 0 aliphatic heterocycles. The van der Waals surface area contributed by atoms with Crippen LogP contribution in [0.2, 0.25) is 0 Å². The number of anilines is 1. The molecule has 0 atom stereocenters. The molecule has 0 aliphatic carbocycles. The number of rotatable bonds is 6. The number of fused-ring (bicyclic) bond motifs is 1. The van der Waals surface area contributed by atoms with Crippen molar-refractivity contribution < 1.29 is 8.42 Å². The van der Waals surface area contributed by atoms with Crippen LogP contribution in [0, 0.1) is 0 Å². The Morgan fingerprint density at radius 3 is 2.69 bits per heavy atom. The highest BCUT2D eigenvalue weighted by molar-refractivity contribution is 7.89. The Balaban J connectivity index is 1.66. The molecule has 5 rings (SSSR count). The van der Waals surface area contributed by atoms with Crippen molar-refractivity contribution in [1.82, 2.24) is 24.6 Å². The number of pyridine rings is 1. The summed E-state index contributed by atoms with van der Waals surface area (Å²) < 4.78 is 25.2. The van der Waals surface area contributed by atoms with E-state index in [1.807, 2.05) is 48.0 Å². The number of benzene rings is 1. The van der Waals surface area contributed by atoms with Gasteiger partial charge in [-0.1, -0.05) is 30.3 Å². The van der Waals surface area contributed by atoms with E-state index in [0.717, 1.165) is 21.7 Å². The molecule has 5 aromatic rings. The van der Waals surface area contributed by atoms with Crippen molar-refractivity contribution in [2.75, 3.05) is 5.32 Å². The summed E-state index contributed by atoms with van der Waals surface area (Å²) in [6.07, 6.45) is 6.29. The van der Waals surface area contributed by atoms with Crippen molar-refractivity contribution in [2.45, 2.75) is 11.4 Å². The molecule has 3 N–H and O–H groups in total. The topological polar surface area (TPSA) is 128 Å². The standard InChI is InChI=1S/C21H17N7O2S2/c22-32(29,30)16-10-15(11-23-12-16)20-26-21(25-13-18-24-7-9-31-18)19-17(6-8-28(19)27-20)14-4-2-1-3-5-14/h1-12H,13H2,(H2,22,29,30)(H,25,26,27). The fraction of sp³-hybridized carbons (Fsp3) is 0.0476. The van der Waals surface area contributed by atoms with Gasteiger partial charge in [-0.25, -0.2) is 28.0 Å². The molecule has 0 unspecified atom stereocenters. The number of hydrogen-bond donors (Lipinski definition) is 2. The quantitative estimate of drug-likeness (QED) is 0.396. The number of sulfonamides is 1. The summed E-state index contributed by atoms with van der Waals surface area (Å²) in [5, 5.41) is 16.0. The van der Waals surface area contributed by atoms with E-state index in [0.29, 0.717) is 23.8 Å². The lowest BCUT2D eigenvalue weighted by Crippen LogP contribution is -2.13. The molecule has 1 aromatic carbocycles. The van der Waals surface area contributed by atoms with Crippen LogP contribution in [0.15, 0.2) is 77.5 Å². The molecule has 0 bridgehead atoms.